The van der Waals surface area contributed by atoms with Gasteiger partial charge in [-0.25, -0.2) is 0 Å². The standard InChI is InChI=1S/C25H36N4O5/c1-17-12-20(28(2)27-17)24(30)26-15-19-6-7-25(34-19)8-10-29(11-9-25)16-18-13-22(32-4)23(33-5)14-21(18)31-3/h12-14,19H,6-11,15-16H2,1-5H3,(H,26,30). The van der Waals surface area contributed by atoms with Gasteiger partial charge in [0, 0.05) is 44.9 Å². The molecule has 2 fully saturated rings. The van der Waals surface area contributed by atoms with Crippen LogP contribution in [0.4, 0.5) is 0 Å². The molecule has 0 radical (unpaired) electrons. The molecule has 1 N–H and O–H groups in total. The van der Waals surface area contributed by atoms with Crippen LogP contribution in [-0.4, -0.2) is 73.3 Å². The second kappa shape index (κ2) is 10.2. The molecule has 1 spiro atoms. The molecule has 1 atom stereocenters. The Kier molecular flexibility index (Phi) is 7.33. The van der Waals surface area contributed by atoms with Crippen molar-refractivity contribution in [3.8, 4) is 17.2 Å². The smallest absolute Gasteiger partial charge is 0.269 e. The predicted octanol–water partition coefficient (Wildman–Crippen LogP) is 2.70. The Labute approximate surface area is 201 Å². The first-order chi connectivity index (χ1) is 16.4. The number of hydrogen-bond acceptors (Lipinski definition) is 7. The number of amides is 1. The van der Waals surface area contributed by atoms with Gasteiger partial charge in [0.05, 0.1) is 38.7 Å². The molecule has 2 saturated heterocycles. The molecule has 2 aromatic rings. The number of aryl methyl sites for hydroxylation is 2. The highest BCUT2D eigenvalue weighted by molar-refractivity contribution is 5.92. The summed E-state index contributed by atoms with van der Waals surface area (Å²) >= 11 is 0. The van der Waals surface area contributed by atoms with Crippen LogP contribution in [0.1, 0.15) is 47.4 Å². The van der Waals surface area contributed by atoms with E-state index in [2.05, 4.69) is 15.3 Å². The monoisotopic (exact) mass is 472 g/mol. The molecule has 0 bridgehead atoms. The lowest BCUT2D eigenvalue weighted by atomic mass is 9.88. The van der Waals surface area contributed by atoms with Gasteiger partial charge in [-0.3, -0.25) is 14.4 Å². The molecule has 1 aromatic heterocycles. The molecule has 186 valence electrons. The third kappa shape index (κ3) is 5.15. The van der Waals surface area contributed by atoms with Gasteiger partial charge in [-0.15, -0.1) is 0 Å². The lowest BCUT2D eigenvalue weighted by molar-refractivity contribution is -0.0765. The van der Waals surface area contributed by atoms with Gasteiger partial charge in [0.15, 0.2) is 11.5 Å². The number of carbonyl (C=O) groups excluding carboxylic acids is 1. The van der Waals surface area contributed by atoms with Crippen molar-refractivity contribution in [2.75, 3.05) is 41.0 Å². The van der Waals surface area contributed by atoms with Crippen LogP contribution in [-0.2, 0) is 18.3 Å². The van der Waals surface area contributed by atoms with E-state index in [-0.39, 0.29) is 17.6 Å². The van der Waals surface area contributed by atoms with Crippen molar-refractivity contribution in [1.82, 2.24) is 20.0 Å². The van der Waals surface area contributed by atoms with Crippen LogP contribution in [0.5, 0.6) is 17.2 Å². The van der Waals surface area contributed by atoms with Gasteiger partial charge in [-0.2, -0.15) is 5.10 Å². The zero-order chi connectivity index (χ0) is 24.3. The van der Waals surface area contributed by atoms with Crippen molar-refractivity contribution in [2.24, 2.45) is 7.05 Å². The van der Waals surface area contributed by atoms with E-state index in [1.807, 2.05) is 19.1 Å². The first-order valence-electron chi connectivity index (χ1n) is 11.8. The van der Waals surface area contributed by atoms with Crippen LogP contribution >= 0.6 is 0 Å². The Hall–Kier alpha value is -2.78. The molecule has 0 aliphatic carbocycles. The number of aromatic nitrogens is 2. The van der Waals surface area contributed by atoms with E-state index in [1.54, 1.807) is 39.1 Å². The van der Waals surface area contributed by atoms with E-state index in [1.165, 1.54) is 0 Å². The highest BCUT2D eigenvalue weighted by Gasteiger charge is 2.42. The highest BCUT2D eigenvalue weighted by Crippen LogP contribution is 2.40. The minimum Gasteiger partial charge on any atom is -0.496 e. The van der Waals surface area contributed by atoms with Crippen molar-refractivity contribution in [3.63, 3.8) is 0 Å². The Morgan fingerprint density at radius 3 is 2.38 bits per heavy atom. The summed E-state index contributed by atoms with van der Waals surface area (Å²) in [6.45, 7) is 5.09. The van der Waals surface area contributed by atoms with Crippen molar-refractivity contribution in [2.45, 2.75) is 50.9 Å². The zero-order valence-electron chi connectivity index (χ0n) is 20.8. The van der Waals surface area contributed by atoms with Crippen LogP contribution in [0.2, 0.25) is 0 Å². The Bertz CT molecular complexity index is 1010. The maximum atomic E-state index is 12.5. The van der Waals surface area contributed by atoms with Gasteiger partial charge < -0.3 is 24.3 Å². The van der Waals surface area contributed by atoms with Crippen LogP contribution in [0.3, 0.4) is 0 Å². The largest absolute Gasteiger partial charge is 0.496 e. The van der Waals surface area contributed by atoms with Crippen LogP contribution in [0.15, 0.2) is 18.2 Å². The van der Waals surface area contributed by atoms with Gasteiger partial charge in [-0.1, -0.05) is 0 Å². The number of rotatable bonds is 8. The molecule has 0 saturated carbocycles. The molecule has 9 nitrogen and oxygen atoms in total. The summed E-state index contributed by atoms with van der Waals surface area (Å²) in [6.07, 6.45) is 4.01. The summed E-state index contributed by atoms with van der Waals surface area (Å²) in [5, 5.41) is 7.27. The highest BCUT2D eigenvalue weighted by atomic mass is 16.5. The zero-order valence-corrected chi connectivity index (χ0v) is 20.8. The molecular weight excluding hydrogens is 436 g/mol. The SMILES string of the molecule is COc1cc(OC)c(OC)cc1CN1CCC2(CCC(CNC(=O)c3cc(C)nn3C)O2)CC1. The molecule has 4 rings (SSSR count). The van der Waals surface area contributed by atoms with E-state index in [4.69, 9.17) is 18.9 Å². The van der Waals surface area contributed by atoms with Gasteiger partial charge in [0.25, 0.3) is 5.91 Å². The molecule has 1 aromatic carbocycles. The average Bonchev–Trinajstić information content (AvgIpc) is 3.40. The number of carbonyl (C=O) groups is 1. The number of likely N-dealkylation sites (tertiary alicyclic amines) is 1. The summed E-state index contributed by atoms with van der Waals surface area (Å²) in [5.74, 6) is 2.06. The van der Waals surface area contributed by atoms with Crippen LogP contribution in [0, 0.1) is 6.92 Å². The van der Waals surface area contributed by atoms with Gasteiger partial charge in [0.2, 0.25) is 0 Å². The van der Waals surface area contributed by atoms with Gasteiger partial charge in [0.1, 0.15) is 11.4 Å². The fourth-order valence-electron chi connectivity index (χ4n) is 5.10. The van der Waals surface area contributed by atoms with E-state index >= 15 is 0 Å². The van der Waals surface area contributed by atoms with Crippen molar-refractivity contribution < 1.29 is 23.7 Å². The molecular formula is C25H36N4O5. The number of benzene rings is 1. The predicted molar refractivity (Wildman–Crippen MR) is 128 cm³/mol. The fourth-order valence-corrected chi connectivity index (χ4v) is 5.10. The summed E-state index contributed by atoms with van der Waals surface area (Å²) < 4.78 is 24.6. The minimum atomic E-state index is -0.105. The number of nitrogens with zero attached hydrogens (tertiary/aromatic N) is 3. The summed E-state index contributed by atoms with van der Waals surface area (Å²) in [7, 11) is 6.74. The van der Waals surface area contributed by atoms with Gasteiger partial charge in [-0.05, 0) is 44.7 Å². The molecule has 3 heterocycles. The Balaban J connectivity index is 1.29. The van der Waals surface area contributed by atoms with E-state index in [0.29, 0.717) is 23.7 Å². The number of nitrogens with one attached hydrogen (secondary N) is 1. The maximum Gasteiger partial charge on any atom is 0.269 e. The Morgan fingerprint density at radius 1 is 1.09 bits per heavy atom. The summed E-state index contributed by atoms with van der Waals surface area (Å²) in [6, 6.07) is 5.68. The van der Waals surface area contributed by atoms with E-state index in [0.717, 1.165) is 62.3 Å². The fraction of sp³-hybridized carbons (Fsp3) is 0.600. The molecule has 34 heavy (non-hydrogen) atoms. The molecule has 1 unspecified atom stereocenters. The average molecular weight is 473 g/mol. The number of piperidine rings is 1. The topological polar surface area (TPSA) is 87.1 Å². The summed E-state index contributed by atoms with van der Waals surface area (Å²) in [5.41, 5.74) is 2.40. The summed E-state index contributed by atoms with van der Waals surface area (Å²) in [4.78, 5) is 14.9. The first-order valence-corrected chi connectivity index (χ1v) is 11.8. The normalized spacial score (nSPS) is 19.9. The van der Waals surface area contributed by atoms with Crippen LogP contribution < -0.4 is 19.5 Å². The molecule has 1 amide bonds. The number of ether oxygens (including phenoxy) is 4. The lowest BCUT2D eigenvalue weighted by Crippen LogP contribution is -2.45. The third-order valence-electron chi connectivity index (χ3n) is 7.01. The number of hydrogen-bond donors (Lipinski definition) is 1. The minimum absolute atomic E-state index is 0.0516. The van der Waals surface area contributed by atoms with E-state index in [9.17, 15) is 4.79 Å². The number of methoxy groups -OCH3 is 3. The third-order valence-corrected chi connectivity index (χ3v) is 7.01. The van der Waals surface area contributed by atoms with Crippen LogP contribution in [0.25, 0.3) is 0 Å². The van der Waals surface area contributed by atoms with Crippen molar-refractivity contribution in [1.29, 1.82) is 0 Å². The van der Waals surface area contributed by atoms with Crippen molar-refractivity contribution >= 4 is 5.91 Å². The van der Waals surface area contributed by atoms with Crippen molar-refractivity contribution in [3.05, 3.63) is 35.2 Å². The van der Waals surface area contributed by atoms with Gasteiger partial charge >= 0.3 is 0 Å². The lowest BCUT2D eigenvalue weighted by Gasteiger charge is -2.39. The maximum absolute atomic E-state index is 12.5. The van der Waals surface area contributed by atoms with E-state index < -0.39 is 0 Å². The Morgan fingerprint density at radius 2 is 1.76 bits per heavy atom. The molecule has 9 heteroatoms. The first kappa shape index (κ1) is 24.3. The quantitative estimate of drug-likeness (QED) is 0.632. The second-order valence-corrected chi connectivity index (χ2v) is 9.26. The molecule has 2 aliphatic heterocycles. The second-order valence-electron chi connectivity index (χ2n) is 9.26. The molecule has 2 aliphatic rings.